The molecule has 1 aliphatic rings. The topological polar surface area (TPSA) is 29.3 Å². The minimum atomic E-state index is 0.712. The number of likely N-dealkylation sites (N-methyl/N-ethyl adjacent to an activating group) is 1. The van der Waals surface area contributed by atoms with Crippen molar-refractivity contribution in [1.29, 1.82) is 0 Å². The molecule has 16 heavy (non-hydrogen) atoms. The molecule has 1 atom stereocenters. The average Bonchev–Trinajstić information content (AvgIpc) is 2.31. The van der Waals surface area contributed by atoms with Gasteiger partial charge in [-0.1, -0.05) is 26.0 Å². The summed E-state index contributed by atoms with van der Waals surface area (Å²) >= 11 is 0. The van der Waals surface area contributed by atoms with Crippen molar-refractivity contribution in [2.24, 2.45) is 0 Å². The van der Waals surface area contributed by atoms with Gasteiger partial charge in [-0.2, -0.15) is 0 Å². The molecule has 0 aliphatic heterocycles. The van der Waals surface area contributed by atoms with E-state index in [9.17, 15) is 0 Å². The molecule has 2 N–H and O–H groups in total. The number of benzene rings is 1. The summed E-state index contributed by atoms with van der Waals surface area (Å²) in [7, 11) is 0. The molecule has 1 aromatic carbocycles. The van der Waals surface area contributed by atoms with Gasteiger partial charge in [0.05, 0.1) is 0 Å². The number of nitrogen functional groups attached to an aromatic ring is 1. The van der Waals surface area contributed by atoms with Gasteiger partial charge >= 0.3 is 0 Å². The van der Waals surface area contributed by atoms with Crippen LogP contribution in [0, 0.1) is 0 Å². The second-order valence-electron chi connectivity index (χ2n) is 4.60. The number of nitrogens with zero attached hydrogens (tertiary/aromatic N) is 1. The van der Waals surface area contributed by atoms with E-state index in [1.54, 1.807) is 0 Å². The van der Waals surface area contributed by atoms with Crippen LogP contribution in [0.4, 0.5) is 5.69 Å². The molecule has 0 saturated heterocycles. The third-order valence-corrected chi connectivity index (χ3v) is 3.82. The summed E-state index contributed by atoms with van der Waals surface area (Å²) in [6.07, 6.45) is 3.56. The maximum absolute atomic E-state index is 6.01. The second kappa shape index (κ2) is 4.88. The monoisotopic (exact) mass is 218 g/mol. The lowest BCUT2D eigenvalue weighted by Crippen LogP contribution is -2.39. The predicted molar refractivity (Wildman–Crippen MR) is 69.6 cm³/mol. The molecule has 0 heterocycles. The summed E-state index contributed by atoms with van der Waals surface area (Å²) in [5.74, 6) is 0. The van der Waals surface area contributed by atoms with Gasteiger partial charge in [-0.15, -0.1) is 0 Å². The minimum absolute atomic E-state index is 0.712. The zero-order valence-electron chi connectivity index (χ0n) is 10.4. The third kappa shape index (κ3) is 2.07. The zero-order valence-corrected chi connectivity index (χ0v) is 10.4. The van der Waals surface area contributed by atoms with E-state index < -0.39 is 0 Å². The summed E-state index contributed by atoms with van der Waals surface area (Å²) in [4.78, 5) is 2.56. The summed E-state index contributed by atoms with van der Waals surface area (Å²) in [5.41, 5.74) is 9.85. The van der Waals surface area contributed by atoms with E-state index in [2.05, 4.69) is 30.9 Å². The molecule has 0 amide bonds. The number of hydrogen-bond donors (Lipinski definition) is 1. The Labute approximate surface area is 98.4 Å². The third-order valence-electron chi connectivity index (χ3n) is 3.82. The molecule has 2 heteroatoms. The van der Waals surface area contributed by atoms with Crippen LogP contribution < -0.4 is 5.73 Å². The van der Waals surface area contributed by atoms with E-state index in [0.717, 1.165) is 25.2 Å². The Bertz CT molecular complexity index is 356. The van der Waals surface area contributed by atoms with Crippen LogP contribution >= 0.6 is 0 Å². The predicted octanol–water partition coefficient (Wildman–Crippen LogP) is 2.47. The highest BCUT2D eigenvalue weighted by Crippen LogP contribution is 2.28. The van der Waals surface area contributed by atoms with Gasteiger partial charge in [-0.3, -0.25) is 0 Å². The molecule has 0 radical (unpaired) electrons. The summed E-state index contributed by atoms with van der Waals surface area (Å²) in [5, 5.41) is 0. The molecule has 2 rings (SSSR count). The zero-order chi connectivity index (χ0) is 11.5. The SMILES string of the molecule is CCN(CC)C1CCc2c(N)cccc2C1. The fraction of sp³-hybridized carbons (Fsp3) is 0.571. The van der Waals surface area contributed by atoms with E-state index in [1.807, 2.05) is 6.07 Å². The molecule has 0 saturated carbocycles. The number of rotatable bonds is 3. The molecule has 1 aliphatic carbocycles. The van der Waals surface area contributed by atoms with Crippen LogP contribution in [-0.2, 0) is 12.8 Å². The molecule has 88 valence electrons. The van der Waals surface area contributed by atoms with Gasteiger partial charge in [0.15, 0.2) is 0 Å². The molecule has 1 unspecified atom stereocenters. The van der Waals surface area contributed by atoms with Gasteiger partial charge in [0, 0.05) is 11.7 Å². The van der Waals surface area contributed by atoms with Crippen molar-refractivity contribution in [3.63, 3.8) is 0 Å². The number of fused-ring (bicyclic) bond motifs is 1. The average molecular weight is 218 g/mol. The van der Waals surface area contributed by atoms with Crippen LogP contribution in [0.5, 0.6) is 0 Å². The maximum Gasteiger partial charge on any atom is 0.0349 e. The van der Waals surface area contributed by atoms with Crippen molar-refractivity contribution in [3.05, 3.63) is 29.3 Å². The van der Waals surface area contributed by atoms with E-state index >= 15 is 0 Å². The van der Waals surface area contributed by atoms with Gasteiger partial charge in [-0.25, -0.2) is 0 Å². The van der Waals surface area contributed by atoms with Gasteiger partial charge < -0.3 is 10.6 Å². The largest absolute Gasteiger partial charge is 0.398 e. The lowest BCUT2D eigenvalue weighted by atomic mass is 9.86. The van der Waals surface area contributed by atoms with Crippen LogP contribution in [0.25, 0.3) is 0 Å². The van der Waals surface area contributed by atoms with E-state index in [-0.39, 0.29) is 0 Å². The normalized spacial score (nSPS) is 19.8. The number of anilines is 1. The van der Waals surface area contributed by atoms with E-state index in [4.69, 9.17) is 5.73 Å². The highest BCUT2D eigenvalue weighted by atomic mass is 15.1. The molecule has 0 aromatic heterocycles. The van der Waals surface area contributed by atoms with Crippen molar-refractivity contribution in [1.82, 2.24) is 4.90 Å². The summed E-state index contributed by atoms with van der Waals surface area (Å²) in [6.45, 7) is 6.80. The quantitative estimate of drug-likeness (QED) is 0.790. The molecule has 2 nitrogen and oxygen atoms in total. The Balaban J connectivity index is 2.17. The standard InChI is InChI=1S/C14H22N2/c1-3-16(4-2)12-8-9-13-11(10-12)6-5-7-14(13)15/h5-7,12H,3-4,8-10,15H2,1-2H3. The fourth-order valence-corrected chi connectivity index (χ4v) is 2.87. The molecule has 0 spiro atoms. The summed E-state index contributed by atoms with van der Waals surface area (Å²) in [6, 6.07) is 7.06. The highest BCUT2D eigenvalue weighted by Gasteiger charge is 2.23. The molecule has 0 fully saturated rings. The van der Waals surface area contributed by atoms with Crippen LogP contribution in [0.2, 0.25) is 0 Å². The van der Waals surface area contributed by atoms with Crippen molar-refractivity contribution in [3.8, 4) is 0 Å². The summed E-state index contributed by atoms with van der Waals surface area (Å²) < 4.78 is 0. The Hall–Kier alpha value is -1.02. The van der Waals surface area contributed by atoms with Crippen LogP contribution in [0.1, 0.15) is 31.4 Å². The van der Waals surface area contributed by atoms with Crippen molar-refractivity contribution < 1.29 is 0 Å². The van der Waals surface area contributed by atoms with E-state index in [1.165, 1.54) is 24.0 Å². The highest BCUT2D eigenvalue weighted by molar-refractivity contribution is 5.52. The van der Waals surface area contributed by atoms with E-state index in [0.29, 0.717) is 6.04 Å². The minimum Gasteiger partial charge on any atom is -0.398 e. The maximum atomic E-state index is 6.01. The van der Waals surface area contributed by atoms with Crippen LogP contribution in [0.3, 0.4) is 0 Å². The first-order chi connectivity index (χ1) is 7.76. The molecular formula is C14H22N2. The van der Waals surface area contributed by atoms with Crippen molar-refractivity contribution in [2.75, 3.05) is 18.8 Å². The first-order valence-electron chi connectivity index (χ1n) is 6.36. The van der Waals surface area contributed by atoms with Crippen LogP contribution in [0.15, 0.2) is 18.2 Å². The van der Waals surface area contributed by atoms with Gasteiger partial charge in [0.1, 0.15) is 0 Å². The Morgan fingerprint density at radius 3 is 2.75 bits per heavy atom. The van der Waals surface area contributed by atoms with Crippen molar-refractivity contribution in [2.45, 2.75) is 39.2 Å². The number of hydrogen-bond acceptors (Lipinski definition) is 2. The molecule has 1 aromatic rings. The lowest BCUT2D eigenvalue weighted by molar-refractivity contribution is 0.199. The van der Waals surface area contributed by atoms with Gasteiger partial charge in [0.25, 0.3) is 0 Å². The Morgan fingerprint density at radius 2 is 2.06 bits per heavy atom. The second-order valence-corrected chi connectivity index (χ2v) is 4.60. The Morgan fingerprint density at radius 1 is 1.31 bits per heavy atom. The molecular weight excluding hydrogens is 196 g/mol. The Kier molecular flexibility index (Phi) is 3.49. The molecule has 0 bridgehead atoms. The van der Waals surface area contributed by atoms with Crippen molar-refractivity contribution >= 4 is 5.69 Å². The first-order valence-corrected chi connectivity index (χ1v) is 6.36. The number of nitrogens with two attached hydrogens (primary N) is 1. The first kappa shape index (κ1) is 11.5. The smallest absolute Gasteiger partial charge is 0.0349 e. The van der Waals surface area contributed by atoms with Gasteiger partial charge in [-0.05, 0) is 49.5 Å². The van der Waals surface area contributed by atoms with Gasteiger partial charge in [0.2, 0.25) is 0 Å². The lowest BCUT2D eigenvalue weighted by Gasteiger charge is -2.34. The fourth-order valence-electron chi connectivity index (χ4n) is 2.87. The van der Waals surface area contributed by atoms with Crippen LogP contribution in [-0.4, -0.2) is 24.0 Å².